The zero-order valence-electron chi connectivity index (χ0n) is 17.0. The van der Waals surface area contributed by atoms with Crippen LogP contribution in [0.5, 0.6) is 0 Å². The summed E-state index contributed by atoms with van der Waals surface area (Å²) in [6, 6.07) is 13.7. The number of esters is 1. The molecule has 32 heavy (non-hydrogen) atoms. The van der Waals surface area contributed by atoms with E-state index in [9.17, 15) is 19.5 Å². The first-order valence-electron chi connectivity index (χ1n) is 9.74. The Balaban J connectivity index is 1.70. The van der Waals surface area contributed by atoms with Crippen molar-refractivity contribution in [1.29, 1.82) is 0 Å². The summed E-state index contributed by atoms with van der Waals surface area (Å²) in [5.74, 6) is -1.75. The van der Waals surface area contributed by atoms with Crippen molar-refractivity contribution in [2.24, 2.45) is 0 Å². The van der Waals surface area contributed by atoms with Crippen LogP contribution in [0.4, 0.5) is 5.69 Å². The number of thiocarbonyl (C=S) groups is 1. The number of carbonyl (C=O) groups is 3. The molecule has 0 unspecified atom stereocenters. The van der Waals surface area contributed by atoms with E-state index in [4.69, 9.17) is 17.0 Å². The summed E-state index contributed by atoms with van der Waals surface area (Å²) in [6.45, 7) is 2.12. The lowest BCUT2D eigenvalue weighted by atomic mass is 10.1. The summed E-state index contributed by atoms with van der Waals surface area (Å²) in [7, 11) is 0. The fourth-order valence-corrected chi connectivity index (χ4v) is 4.77. The number of hydrogen-bond donors (Lipinski definition) is 1. The van der Waals surface area contributed by atoms with Gasteiger partial charge in [-0.3, -0.25) is 14.5 Å². The average Bonchev–Trinajstić information content (AvgIpc) is 3.25. The van der Waals surface area contributed by atoms with E-state index in [1.807, 2.05) is 24.3 Å². The molecule has 0 spiro atoms. The van der Waals surface area contributed by atoms with Crippen LogP contribution in [0.3, 0.4) is 0 Å². The molecule has 1 saturated heterocycles. The van der Waals surface area contributed by atoms with Crippen LogP contribution in [0.25, 0.3) is 17.0 Å². The predicted octanol–water partition coefficient (Wildman–Crippen LogP) is 4.31. The fourth-order valence-electron chi connectivity index (χ4n) is 3.48. The third-order valence-corrected chi connectivity index (χ3v) is 6.16. The quantitative estimate of drug-likeness (QED) is 0.329. The molecule has 1 fully saturated rings. The summed E-state index contributed by atoms with van der Waals surface area (Å²) in [5, 5.41) is 10.1. The van der Waals surface area contributed by atoms with Crippen LogP contribution < -0.4 is 4.90 Å². The van der Waals surface area contributed by atoms with Crippen LogP contribution in [-0.4, -0.2) is 38.4 Å². The summed E-state index contributed by atoms with van der Waals surface area (Å²) in [4.78, 5) is 38.2. The maximum atomic E-state index is 13.1. The molecule has 0 atom stereocenters. The number of aromatic carboxylic acids is 1. The van der Waals surface area contributed by atoms with Crippen LogP contribution in [-0.2, 0) is 20.9 Å². The van der Waals surface area contributed by atoms with E-state index in [0.717, 1.165) is 28.2 Å². The van der Waals surface area contributed by atoms with E-state index < -0.39 is 5.97 Å². The van der Waals surface area contributed by atoms with Gasteiger partial charge in [-0.05, 0) is 37.3 Å². The molecular formula is C23H18N2O5S2. The minimum Gasteiger partial charge on any atom is -0.478 e. The van der Waals surface area contributed by atoms with Crippen LogP contribution in [0, 0.1) is 0 Å². The zero-order valence-corrected chi connectivity index (χ0v) is 18.6. The second-order valence-corrected chi connectivity index (χ2v) is 8.58. The average molecular weight is 467 g/mol. The van der Waals surface area contributed by atoms with Crippen molar-refractivity contribution < 1.29 is 24.2 Å². The number of aromatic nitrogens is 1. The van der Waals surface area contributed by atoms with Crippen LogP contribution in [0.2, 0.25) is 0 Å². The van der Waals surface area contributed by atoms with Gasteiger partial charge in [0.15, 0.2) is 4.32 Å². The number of amides is 1. The van der Waals surface area contributed by atoms with Gasteiger partial charge in [-0.25, -0.2) is 4.79 Å². The molecule has 0 bridgehead atoms. The SMILES string of the molecule is CCOC(=O)Cn1cc(/C=C2/SC(=S)N(c3cccc(C(=O)O)c3)C2=O)c2ccccc21. The molecule has 4 rings (SSSR count). The van der Waals surface area contributed by atoms with Gasteiger partial charge in [0, 0.05) is 22.7 Å². The summed E-state index contributed by atoms with van der Waals surface area (Å²) >= 11 is 6.55. The number of hydrogen-bond acceptors (Lipinski definition) is 6. The highest BCUT2D eigenvalue weighted by Crippen LogP contribution is 2.37. The van der Waals surface area contributed by atoms with E-state index >= 15 is 0 Å². The molecule has 1 amide bonds. The zero-order chi connectivity index (χ0) is 22.8. The van der Waals surface area contributed by atoms with Gasteiger partial charge >= 0.3 is 11.9 Å². The lowest BCUT2D eigenvalue weighted by Gasteiger charge is -2.14. The summed E-state index contributed by atoms with van der Waals surface area (Å²) in [6.07, 6.45) is 3.55. The van der Waals surface area contributed by atoms with Crippen molar-refractivity contribution in [3.63, 3.8) is 0 Å². The lowest BCUT2D eigenvalue weighted by Crippen LogP contribution is -2.27. The summed E-state index contributed by atoms with van der Waals surface area (Å²) in [5.41, 5.74) is 2.09. The van der Waals surface area contributed by atoms with Gasteiger partial charge < -0.3 is 14.4 Å². The molecule has 2 aromatic carbocycles. The highest BCUT2D eigenvalue weighted by atomic mass is 32.2. The molecule has 3 aromatic rings. The first kappa shape index (κ1) is 21.8. The normalized spacial score (nSPS) is 15.0. The van der Waals surface area contributed by atoms with Gasteiger partial charge in [0.25, 0.3) is 5.91 Å². The highest BCUT2D eigenvalue weighted by Gasteiger charge is 2.33. The number of carbonyl (C=O) groups excluding carboxylic acids is 2. The molecule has 1 aliphatic heterocycles. The number of fused-ring (bicyclic) bond motifs is 1. The smallest absolute Gasteiger partial charge is 0.335 e. The van der Waals surface area contributed by atoms with Crippen molar-refractivity contribution in [2.45, 2.75) is 13.5 Å². The number of para-hydroxylation sites is 1. The number of carboxylic acids is 1. The van der Waals surface area contributed by atoms with Gasteiger partial charge in [0.2, 0.25) is 0 Å². The number of thioether (sulfide) groups is 1. The molecular weight excluding hydrogens is 448 g/mol. The maximum Gasteiger partial charge on any atom is 0.335 e. The van der Waals surface area contributed by atoms with Crippen LogP contribution in [0.15, 0.2) is 59.6 Å². The van der Waals surface area contributed by atoms with Crippen LogP contribution >= 0.6 is 24.0 Å². The van der Waals surface area contributed by atoms with Gasteiger partial charge in [-0.2, -0.15) is 0 Å². The Hall–Kier alpha value is -3.43. The Morgan fingerprint density at radius 1 is 1.19 bits per heavy atom. The van der Waals surface area contributed by atoms with E-state index in [-0.39, 0.29) is 24.0 Å². The molecule has 0 saturated carbocycles. The topological polar surface area (TPSA) is 88.8 Å². The predicted molar refractivity (Wildman–Crippen MR) is 128 cm³/mol. The molecule has 162 valence electrons. The molecule has 1 N–H and O–H groups in total. The first-order valence-corrected chi connectivity index (χ1v) is 11.0. The van der Waals surface area contributed by atoms with Crippen molar-refractivity contribution in [3.05, 3.63) is 70.8 Å². The molecule has 0 radical (unpaired) electrons. The van der Waals surface area contributed by atoms with Gasteiger partial charge in [0.05, 0.1) is 22.8 Å². The second-order valence-electron chi connectivity index (χ2n) is 6.91. The van der Waals surface area contributed by atoms with E-state index in [1.165, 1.54) is 17.0 Å². The first-order chi connectivity index (χ1) is 15.4. The molecule has 9 heteroatoms. The van der Waals surface area contributed by atoms with Crippen molar-refractivity contribution >= 4 is 68.8 Å². The number of nitrogens with zero attached hydrogens (tertiary/aromatic N) is 2. The highest BCUT2D eigenvalue weighted by molar-refractivity contribution is 8.27. The maximum absolute atomic E-state index is 13.1. The van der Waals surface area contributed by atoms with E-state index in [2.05, 4.69) is 0 Å². The minimum absolute atomic E-state index is 0.0606. The largest absolute Gasteiger partial charge is 0.478 e. The van der Waals surface area contributed by atoms with Crippen LogP contribution in [0.1, 0.15) is 22.8 Å². The Kier molecular flexibility index (Phi) is 6.11. The third-order valence-electron chi connectivity index (χ3n) is 4.86. The fraction of sp³-hybridized carbons (Fsp3) is 0.130. The summed E-state index contributed by atoms with van der Waals surface area (Å²) < 4.78 is 7.17. The minimum atomic E-state index is -1.08. The molecule has 2 heterocycles. The van der Waals surface area contributed by atoms with Crippen molar-refractivity contribution in [3.8, 4) is 0 Å². The standard InChI is InChI=1S/C23H18N2O5S2/c1-2-30-20(26)13-24-12-15(17-8-3-4-9-18(17)24)11-19-21(27)25(23(31)32-19)16-7-5-6-14(10-16)22(28)29/h3-12H,2,13H2,1H3,(H,28,29)/b19-11+. The number of ether oxygens (including phenoxy) is 1. The molecule has 7 nitrogen and oxygen atoms in total. The monoisotopic (exact) mass is 466 g/mol. The van der Waals surface area contributed by atoms with Crippen molar-refractivity contribution in [1.82, 2.24) is 4.57 Å². The molecule has 1 aromatic heterocycles. The lowest BCUT2D eigenvalue weighted by molar-refractivity contribution is -0.143. The van der Waals surface area contributed by atoms with Gasteiger partial charge in [-0.1, -0.05) is 48.2 Å². The van der Waals surface area contributed by atoms with E-state index in [1.54, 1.807) is 35.9 Å². The third kappa shape index (κ3) is 4.17. The van der Waals surface area contributed by atoms with Crippen molar-refractivity contribution in [2.75, 3.05) is 11.5 Å². The Labute approximate surface area is 193 Å². The number of rotatable bonds is 6. The number of anilines is 1. The Morgan fingerprint density at radius 2 is 1.97 bits per heavy atom. The Morgan fingerprint density at radius 3 is 2.72 bits per heavy atom. The van der Waals surface area contributed by atoms with Gasteiger partial charge in [0.1, 0.15) is 6.54 Å². The van der Waals surface area contributed by atoms with Gasteiger partial charge in [-0.15, -0.1) is 0 Å². The number of benzene rings is 2. The molecule has 0 aliphatic carbocycles. The van der Waals surface area contributed by atoms with E-state index in [0.29, 0.717) is 21.5 Å². The molecule has 1 aliphatic rings. The second kappa shape index (κ2) is 8.97. The Bertz CT molecular complexity index is 1290. The number of carboxylic acid groups (broad SMARTS) is 1.